The number of fused-ring (bicyclic) bond motifs is 1. The summed E-state index contributed by atoms with van der Waals surface area (Å²) >= 11 is 0. The van der Waals surface area contributed by atoms with Gasteiger partial charge in [0.1, 0.15) is 5.75 Å². The van der Waals surface area contributed by atoms with Crippen molar-refractivity contribution >= 4 is 34.8 Å². The van der Waals surface area contributed by atoms with Crippen LogP contribution in [0.15, 0.2) is 42.5 Å². The number of carbonyl (C=O) groups excluding carboxylic acids is 3. The zero-order valence-corrected chi connectivity index (χ0v) is 14.8. The SMILES string of the molecule is Cc1ccccc1N1C[C@H](C(=O)Nc2ccc3c(c2)OCC(=O)N3)CC1=O. The lowest BCUT2D eigenvalue weighted by Gasteiger charge is -2.20. The minimum atomic E-state index is -0.422. The highest BCUT2D eigenvalue weighted by Gasteiger charge is 2.35. The average Bonchev–Trinajstić information content (AvgIpc) is 3.04. The Labute approximate surface area is 156 Å². The Morgan fingerprint density at radius 2 is 2.04 bits per heavy atom. The summed E-state index contributed by atoms with van der Waals surface area (Å²) in [5.74, 6) is -0.384. The minimum absolute atomic E-state index is 0.0487. The molecule has 0 spiro atoms. The van der Waals surface area contributed by atoms with Crippen molar-refractivity contribution in [3.05, 3.63) is 48.0 Å². The Kier molecular flexibility index (Phi) is 4.27. The van der Waals surface area contributed by atoms with Crippen LogP contribution in [0, 0.1) is 12.8 Å². The van der Waals surface area contributed by atoms with E-state index in [-0.39, 0.29) is 30.7 Å². The average molecular weight is 365 g/mol. The second-order valence-corrected chi connectivity index (χ2v) is 6.73. The molecule has 2 N–H and O–H groups in total. The van der Waals surface area contributed by atoms with E-state index in [0.29, 0.717) is 23.7 Å². The van der Waals surface area contributed by atoms with Gasteiger partial charge in [0.15, 0.2) is 6.61 Å². The largest absolute Gasteiger partial charge is 0.482 e. The molecule has 138 valence electrons. The van der Waals surface area contributed by atoms with Gasteiger partial charge in [-0.15, -0.1) is 0 Å². The fraction of sp³-hybridized carbons (Fsp3) is 0.250. The first-order chi connectivity index (χ1) is 13.0. The molecule has 1 fully saturated rings. The van der Waals surface area contributed by atoms with E-state index in [1.165, 1.54) is 0 Å². The van der Waals surface area contributed by atoms with Crippen LogP contribution in [0.2, 0.25) is 0 Å². The first-order valence-electron chi connectivity index (χ1n) is 8.75. The van der Waals surface area contributed by atoms with E-state index in [1.807, 2.05) is 31.2 Å². The summed E-state index contributed by atoms with van der Waals surface area (Å²) in [6, 6.07) is 12.7. The molecule has 2 aromatic rings. The molecule has 3 amide bonds. The third-order valence-corrected chi connectivity index (χ3v) is 4.78. The van der Waals surface area contributed by atoms with Gasteiger partial charge in [-0.05, 0) is 30.7 Å². The molecular weight excluding hydrogens is 346 g/mol. The second-order valence-electron chi connectivity index (χ2n) is 6.73. The fourth-order valence-electron chi connectivity index (χ4n) is 3.38. The molecule has 0 aliphatic carbocycles. The third-order valence-electron chi connectivity index (χ3n) is 4.78. The highest BCUT2D eigenvalue weighted by atomic mass is 16.5. The maximum atomic E-state index is 12.6. The lowest BCUT2D eigenvalue weighted by Crippen LogP contribution is -2.28. The maximum absolute atomic E-state index is 12.6. The Balaban J connectivity index is 1.46. The zero-order chi connectivity index (χ0) is 19.0. The van der Waals surface area contributed by atoms with Crippen LogP contribution in [-0.4, -0.2) is 30.9 Å². The van der Waals surface area contributed by atoms with E-state index >= 15 is 0 Å². The molecule has 2 aliphatic rings. The highest BCUT2D eigenvalue weighted by Crippen LogP contribution is 2.32. The number of hydrogen-bond acceptors (Lipinski definition) is 4. The van der Waals surface area contributed by atoms with Crippen LogP contribution in [0.1, 0.15) is 12.0 Å². The van der Waals surface area contributed by atoms with Crippen LogP contribution >= 0.6 is 0 Å². The number of carbonyl (C=O) groups is 3. The van der Waals surface area contributed by atoms with E-state index < -0.39 is 5.92 Å². The van der Waals surface area contributed by atoms with Gasteiger partial charge in [0.25, 0.3) is 5.91 Å². The van der Waals surface area contributed by atoms with Crippen LogP contribution in [0.3, 0.4) is 0 Å². The van der Waals surface area contributed by atoms with E-state index in [4.69, 9.17) is 4.74 Å². The summed E-state index contributed by atoms with van der Waals surface area (Å²) in [4.78, 5) is 38.0. The Morgan fingerprint density at radius 1 is 1.22 bits per heavy atom. The maximum Gasteiger partial charge on any atom is 0.262 e. The van der Waals surface area contributed by atoms with Crippen molar-refractivity contribution in [2.24, 2.45) is 5.92 Å². The van der Waals surface area contributed by atoms with Crippen LogP contribution in [0.25, 0.3) is 0 Å². The van der Waals surface area contributed by atoms with Gasteiger partial charge in [-0.2, -0.15) is 0 Å². The molecule has 27 heavy (non-hydrogen) atoms. The number of anilines is 3. The molecule has 0 aromatic heterocycles. The van der Waals surface area contributed by atoms with Crippen molar-refractivity contribution in [2.45, 2.75) is 13.3 Å². The lowest BCUT2D eigenvalue weighted by atomic mass is 10.1. The number of aryl methyl sites for hydroxylation is 1. The molecule has 4 rings (SSSR count). The second kappa shape index (κ2) is 6.75. The molecule has 2 heterocycles. The van der Waals surface area contributed by atoms with E-state index in [0.717, 1.165) is 11.3 Å². The van der Waals surface area contributed by atoms with E-state index in [2.05, 4.69) is 10.6 Å². The van der Waals surface area contributed by atoms with Gasteiger partial charge in [-0.1, -0.05) is 18.2 Å². The highest BCUT2D eigenvalue weighted by molar-refractivity contribution is 6.04. The summed E-state index contributed by atoms with van der Waals surface area (Å²) in [5, 5.41) is 5.54. The summed E-state index contributed by atoms with van der Waals surface area (Å²) in [6.45, 7) is 2.25. The zero-order valence-electron chi connectivity index (χ0n) is 14.8. The summed E-state index contributed by atoms with van der Waals surface area (Å²) in [7, 11) is 0. The van der Waals surface area contributed by atoms with Gasteiger partial charge >= 0.3 is 0 Å². The summed E-state index contributed by atoms with van der Waals surface area (Å²) < 4.78 is 5.36. The molecule has 1 atom stereocenters. The number of nitrogens with zero attached hydrogens (tertiary/aromatic N) is 1. The predicted molar refractivity (Wildman–Crippen MR) is 101 cm³/mol. The van der Waals surface area contributed by atoms with Gasteiger partial charge in [-0.25, -0.2) is 0 Å². The van der Waals surface area contributed by atoms with Gasteiger partial charge in [0.2, 0.25) is 11.8 Å². The summed E-state index contributed by atoms with van der Waals surface area (Å²) in [6.07, 6.45) is 0.178. The van der Waals surface area contributed by atoms with Crippen molar-refractivity contribution in [1.29, 1.82) is 0 Å². The molecule has 7 nitrogen and oxygen atoms in total. The smallest absolute Gasteiger partial charge is 0.262 e. The standard InChI is InChI=1S/C20H19N3O4/c1-12-4-2-3-5-16(12)23-10-13(8-19(23)25)20(26)21-14-6-7-15-17(9-14)27-11-18(24)22-15/h2-7,9,13H,8,10-11H2,1H3,(H,21,26)(H,22,24)/t13-/m1/s1. The van der Waals surface area contributed by atoms with Crippen LogP contribution in [-0.2, 0) is 14.4 Å². The minimum Gasteiger partial charge on any atom is -0.482 e. The number of hydrogen-bond donors (Lipinski definition) is 2. The number of nitrogens with one attached hydrogen (secondary N) is 2. The van der Waals surface area contributed by atoms with Crippen LogP contribution in [0.4, 0.5) is 17.1 Å². The van der Waals surface area contributed by atoms with Crippen LogP contribution in [0.5, 0.6) is 5.75 Å². The number of amides is 3. The first-order valence-corrected chi connectivity index (χ1v) is 8.75. The molecule has 0 unspecified atom stereocenters. The number of rotatable bonds is 3. The van der Waals surface area contributed by atoms with Crippen molar-refractivity contribution < 1.29 is 19.1 Å². The monoisotopic (exact) mass is 365 g/mol. The van der Waals surface area contributed by atoms with Gasteiger partial charge in [-0.3, -0.25) is 14.4 Å². The number of ether oxygens (including phenoxy) is 1. The van der Waals surface area contributed by atoms with Gasteiger partial charge in [0.05, 0.1) is 11.6 Å². The van der Waals surface area contributed by atoms with E-state index in [9.17, 15) is 14.4 Å². The first kappa shape index (κ1) is 17.1. The molecule has 2 aromatic carbocycles. The molecule has 0 saturated carbocycles. The third kappa shape index (κ3) is 3.36. The Morgan fingerprint density at radius 3 is 2.85 bits per heavy atom. The van der Waals surface area contributed by atoms with Gasteiger partial charge in [0, 0.05) is 30.4 Å². The number of para-hydroxylation sites is 1. The fourth-order valence-corrected chi connectivity index (χ4v) is 3.38. The van der Waals surface area contributed by atoms with Crippen molar-refractivity contribution in [3.63, 3.8) is 0 Å². The predicted octanol–water partition coefficient (Wildman–Crippen LogP) is 2.32. The molecular formula is C20H19N3O4. The topological polar surface area (TPSA) is 87.7 Å². The van der Waals surface area contributed by atoms with Crippen molar-refractivity contribution in [2.75, 3.05) is 28.7 Å². The molecule has 1 saturated heterocycles. The lowest BCUT2D eigenvalue weighted by molar-refractivity contribution is -0.122. The molecule has 2 aliphatic heterocycles. The normalized spacial score (nSPS) is 18.6. The summed E-state index contributed by atoms with van der Waals surface area (Å²) in [5.41, 5.74) is 2.99. The van der Waals surface area contributed by atoms with Crippen molar-refractivity contribution in [1.82, 2.24) is 0 Å². The number of benzene rings is 2. The van der Waals surface area contributed by atoms with Crippen molar-refractivity contribution in [3.8, 4) is 5.75 Å². The molecule has 0 radical (unpaired) electrons. The molecule has 7 heteroatoms. The quantitative estimate of drug-likeness (QED) is 0.874. The van der Waals surface area contributed by atoms with Gasteiger partial charge < -0.3 is 20.3 Å². The Bertz CT molecular complexity index is 941. The van der Waals surface area contributed by atoms with Crippen LogP contribution < -0.4 is 20.3 Å². The van der Waals surface area contributed by atoms with E-state index in [1.54, 1.807) is 23.1 Å². The molecule has 0 bridgehead atoms. The Hall–Kier alpha value is -3.35.